The van der Waals surface area contributed by atoms with E-state index in [0.29, 0.717) is 6.54 Å². The average Bonchev–Trinajstić information content (AvgIpc) is 2.64. The number of aryl methyl sites for hydroxylation is 1. The second-order valence-corrected chi connectivity index (χ2v) is 5.79. The third-order valence-electron chi connectivity index (χ3n) is 4.16. The van der Waals surface area contributed by atoms with Crippen molar-refractivity contribution in [1.29, 1.82) is 0 Å². The van der Waals surface area contributed by atoms with Gasteiger partial charge in [-0.1, -0.05) is 38.1 Å². The topological polar surface area (TPSA) is 20.3 Å². The summed E-state index contributed by atoms with van der Waals surface area (Å²) in [5.74, 6) is 1.07. The zero-order valence-corrected chi connectivity index (χ0v) is 12.2. The second-order valence-electron chi connectivity index (χ2n) is 5.79. The molecule has 0 amide bonds. The van der Waals surface area contributed by atoms with Crippen molar-refractivity contribution in [2.24, 2.45) is 5.92 Å². The summed E-state index contributed by atoms with van der Waals surface area (Å²) in [4.78, 5) is 14.6. The molecule has 19 heavy (non-hydrogen) atoms. The summed E-state index contributed by atoms with van der Waals surface area (Å²) in [5.41, 5.74) is 2.15. The molecule has 0 spiro atoms. The Morgan fingerprint density at radius 2 is 1.95 bits per heavy atom. The van der Waals surface area contributed by atoms with Gasteiger partial charge in [0.05, 0.1) is 6.54 Å². The van der Waals surface area contributed by atoms with Crippen molar-refractivity contribution in [2.45, 2.75) is 39.5 Å². The van der Waals surface area contributed by atoms with Crippen molar-refractivity contribution < 1.29 is 4.79 Å². The van der Waals surface area contributed by atoms with Crippen LogP contribution in [0.4, 0.5) is 0 Å². The molecule has 2 heteroatoms. The number of rotatable bonds is 4. The van der Waals surface area contributed by atoms with Crippen LogP contribution >= 0.6 is 0 Å². The highest BCUT2D eigenvalue weighted by Crippen LogP contribution is 2.17. The monoisotopic (exact) mass is 259 g/mol. The van der Waals surface area contributed by atoms with E-state index in [4.69, 9.17) is 0 Å². The summed E-state index contributed by atoms with van der Waals surface area (Å²) < 4.78 is 0. The highest BCUT2D eigenvalue weighted by Gasteiger charge is 2.16. The van der Waals surface area contributed by atoms with Crippen LogP contribution < -0.4 is 0 Å². The number of nitrogens with zero attached hydrogens (tertiary/aromatic N) is 1. The molecule has 0 N–H and O–H groups in total. The van der Waals surface area contributed by atoms with Crippen LogP contribution in [0.15, 0.2) is 24.3 Å². The molecule has 0 radical (unpaired) electrons. The van der Waals surface area contributed by atoms with Crippen LogP contribution in [0, 0.1) is 5.92 Å². The van der Waals surface area contributed by atoms with Gasteiger partial charge in [0.15, 0.2) is 5.78 Å². The van der Waals surface area contributed by atoms with E-state index in [2.05, 4.69) is 30.9 Å². The third kappa shape index (κ3) is 4.17. The van der Waals surface area contributed by atoms with Crippen molar-refractivity contribution in [3.05, 3.63) is 35.4 Å². The zero-order chi connectivity index (χ0) is 13.7. The van der Waals surface area contributed by atoms with Crippen LogP contribution in [0.5, 0.6) is 0 Å². The SMILES string of the molecule is CCc1ccc(C(=O)CN2CCCC(C)CC2)cc1. The molecule has 0 bridgehead atoms. The molecule has 0 saturated carbocycles. The molecular formula is C17H25NO. The molecule has 0 aromatic heterocycles. The van der Waals surface area contributed by atoms with Gasteiger partial charge in [0, 0.05) is 5.56 Å². The van der Waals surface area contributed by atoms with Gasteiger partial charge in [-0.3, -0.25) is 9.69 Å². The van der Waals surface area contributed by atoms with Gasteiger partial charge in [-0.05, 0) is 50.3 Å². The standard InChI is InChI=1S/C17H25NO/c1-3-15-6-8-16(9-7-15)17(19)13-18-11-4-5-14(2)10-12-18/h6-9,14H,3-5,10-13H2,1-2H3. The highest BCUT2D eigenvalue weighted by molar-refractivity contribution is 5.97. The Hall–Kier alpha value is -1.15. The minimum Gasteiger partial charge on any atom is -0.296 e. The van der Waals surface area contributed by atoms with Crippen molar-refractivity contribution in [3.8, 4) is 0 Å². The van der Waals surface area contributed by atoms with Crippen LogP contribution in [0.25, 0.3) is 0 Å². The second kappa shape index (κ2) is 6.85. The Kier molecular flexibility index (Phi) is 5.15. The summed E-state index contributed by atoms with van der Waals surface area (Å²) in [6.07, 6.45) is 4.78. The van der Waals surface area contributed by atoms with Gasteiger partial charge < -0.3 is 0 Å². The Balaban J connectivity index is 1.92. The van der Waals surface area contributed by atoms with Crippen LogP contribution in [0.2, 0.25) is 0 Å². The Morgan fingerprint density at radius 1 is 1.21 bits per heavy atom. The Morgan fingerprint density at radius 3 is 2.63 bits per heavy atom. The molecule has 2 nitrogen and oxygen atoms in total. The molecule has 1 unspecified atom stereocenters. The van der Waals surface area contributed by atoms with E-state index in [1.807, 2.05) is 12.1 Å². The molecule has 1 aliphatic rings. The maximum Gasteiger partial charge on any atom is 0.176 e. The maximum absolute atomic E-state index is 12.3. The fourth-order valence-electron chi connectivity index (χ4n) is 2.70. The van der Waals surface area contributed by atoms with Crippen molar-refractivity contribution in [1.82, 2.24) is 4.90 Å². The van der Waals surface area contributed by atoms with Gasteiger partial charge in [-0.25, -0.2) is 0 Å². The van der Waals surface area contributed by atoms with Gasteiger partial charge in [0.2, 0.25) is 0 Å². The Labute approximate surface area is 116 Å². The fourth-order valence-corrected chi connectivity index (χ4v) is 2.70. The number of ketones is 1. The minimum absolute atomic E-state index is 0.261. The van der Waals surface area contributed by atoms with Crippen LogP contribution in [-0.2, 0) is 6.42 Å². The van der Waals surface area contributed by atoms with Gasteiger partial charge >= 0.3 is 0 Å². The van der Waals surface area contributed by atoms with E-state index >= 15 is 0 Å². The van der Waals surface area contributed by atoms with Crippen molar-refractivity contribution in [2.75, 3.05) is 19.6 Å². The van der Waals surface area contributed by atoms with Gasteiger partial charge in [-0.2, -0.15) is 0 Å². The predicted molar refractivity (Wildman–Crippen MR) is 79.6 cm³/mol. The Bertz CT molecular complexity index is 410. The molecule has 0 aliphatic carbocycles. The van der Waals surface area contributed by atoms with Gasteiger partial charge in [0.1, 0.15) is 0 Å². The van der Waals surface area contributed by atoms with E-state index in [9.17, 15) is 4.79 Å². The maximum atomic E-state index is 12.3. The number of Topliss-reactive ketones (excluding diaryl/α,β-unsaturated/α-hetero) is 1. The van der Waals surface area contributed by atoms with E-state index in [-0.39, 0.29) is 5.78 Å². The quantitative estimate of drug-likeness (QED) is 0.771. The first kappa shape index (κ1) is 14.3. The lowest BCUT2D eigenvalue weighted by Crippen LogP contribution is -2.30. The summed E-state index contributed by atoms with van der Waals surface area (Å²) in [6, 6.07) is 8.08. The number of hydrogen-bond donors (Lipinski definition) is 0. The number of carbonyl (C=O) groups excluding carboxylic acids is 1. The summed E-state index contributed by atoms with van der Waals surface area (Å²) in [6.45, 7) is 7.17. The first-order valence-corrected chi connectivity index (χ1v) is 7.53. The summed E-state index contributed by atoms with van der Waals surface area (Å²) in [7, 11) is 0. The first-order chi connectivity index (χ1) is 9.19. The van der Waals surface area contributed by atoms with Crippen LogP contribution in [-0.4, -0.2) is 30.3 Å². The predicted octanol–water partition coefficient (Wildman–Crippen LogP) is 3.55. The molecule has 1 atom stereocenters. The van der Waals surface area contributed by atoms with E-state index in [0.717, 1.165) is 31.0 Å². The molecule has 1 saturated heterocycles. The smallest absolute Gasteiger partial charge is 0.176 e. The number of hydrogen-bond acceptors (Lipinski definition) is 2. The molecule has 2 rings (SSSR count). The highest BCUT2D eigenvalue weighted by atomic mass is 16.1. The molecule has 104 valence electrons. The lowest BCUT2D eigenvalue weighted by atomic mass is 10.0. The van der Waals surface area contributed by atoms with Crippen molar-refractivity contribution >= 4 is 5.78 Å². The number of carbonyl (C=O) groups is 1. The largest absolute Gasteiger partial charge is 0.296 e. The van der Waals surface area contributed by atoms with E-state index in [1.54, 1.807) is 0 Å². The fraction of sp³-hybridized carbons (Fsp3) is 0.588. The van der Waals surface area contributed by atoms with Crippen molar-refractivity contribution in [3.63, 3.8) is 0 Å². The number of likely N-dealkylation sites (tertiary alicyclic amines) is 1. The molecule has 1 aromatic rings. The molecule has 1 heterocycles. The molecule has 1 aliphatic heterocycles. The zero-order valence-electron chi connectivity index (χ0n) is 12.2. The minimum atomic E-state index is 0.261. The summed E-state index contributed by atoms with van der Waals surface area (Å²) >= 11 is 0. The third-order valence-corrected chi connectivity index (χ3v) is 4.16. The molecule has 1 aromatic carbocycles. The van der Waals surface area contributed by atoms with Crippen LogP contribution in [0.1, 0.15) is 49.0 Å². The molecular weight excluding hydrogens is 234 g/mol. The summed E-state index contributed by atoms with van der Waals surface area (Å²) in [5, 5.41) is 0. The van der Waals surface area contributed by atoms with E-state index in [1.165, 1.54) is 24.8 Å². The lowest BCUT2D eigenvalue weighted by molar-refractivity contribution is 0.0932. The first-order valence-electron chi connectivity index (χ1n) is 7.53. The van der Waals surface area contributed by atoms with Crippen LogP contribution in [0.3, 0.4) is 0 Å². The number of benzene rings is 1. The lowest BCUT2D eigenvalue weighted by Gasteiger charge is -2.18. The van der Waals surface area contributed by atoms with Gasteiger partial charge in [-0.15, -0.1) is 0 Å². The van der Waals surface area contributed by atoms with E-state index < -0.39 is 0 Å². The normalized spacial score (nSPS) is 21.1. The molecule has 1 fully saturated rings. The van der Waals surface area contributed by atoms with Gasteiger partial charge in [0.25, 0.3) is 0 Å². The average molecular weight is 259 g/mol.